The van der Waals surface area contributed by atoms with Crippen LogP contribution in [-0.2, 0) is 6.42 Å². The molecule has 0 saturated carbocycles. The Morgan fingerprint density at radius 2 is 2.14 bits per heavy atom. The van der Waals surface area contributed by atoms with Crippen LogP contribution in [0.2, 0.25) is 0 Å². The highest BCUT2D eigenvalue weighted by Crippen LogP contribution is 2.26. The molecular formula is C16H18BrN3O. The first-order valence-electron chi connectivity index (χ1n) is 6.84. The number of amides is 1. The van der Waals surface area contributed by atoms with E-state index in [1.165, 1.54) is 0 Å². The molecule has 4 nitrogen and oxygen atoms in total. The molecule has 0 unspecified atom stereocenters. The molecular weight excluding hydrogens is 330 g/mol. The van der Waals surface area contributed by atoms with Gasteiger partial charge in [0.1, 0.15) is 5.82 Å². The van der Waals surface area contributed by atoms with Crippen molar-refractivity contribution in [1.82, 2.24) is 4.98 Å². The van der Waals surface area contributed by atoms with Crippen molar-refractivity contribution < 1.29 is 4.79 Å². The third-order valence-corrected chi connectivity index (χ3v) is 4.16. The Morgan fingerprint density at radius 1 is 1.38 bits per heavy atom. The van der Waals surface area contributed by atoms with Gasteiger partial charge < -0.3 is 11.1 Å². The quantitative estimate of drug-likeness (QED) is 0.879. The van der Waals surface area contributed by atoms with Gasteiger partial charge in [-0.1, -0.05) is 25.5 Å². The summed E-state index contributed by atoms with van der Waals surface area (Å²) < 4.78 is 0.883. The first-order valence-corrected chi connectivity index (χ1v) is 7.63. The molecule has 0 radical (unpaired) electrons. The van der Waals surface area contributed by atoms with Gasteiger partial charge in [-0.2, -0.15) is 0 Å². The van der Waals surface area contributed by atoms with E-state index in [1.807, 2.05) is 25.1 Å². The number of hydrogen-bond donors (Lipinski definition) is 2. The number of carbonyl (C=O) groups is 1. The first kappa shape index (κ1) is 15.5. The summed E-state index contributed by atoms with van der Waals surface area (Å²) in [7, 11) is 0. The van der Waals surface area contributed by atoms with Gasteiger partial charge in [0.2, 0.25) is 0 Å². The summed E-state index contributed by atoms with van der Waals surface area (Å²) in [4.78, 5) is 16.6. The van der Waals surface area contributed by atoms with Crippen LogP contribution in [0.15, 0.2) is 34.8 Å². The molecule has 0 fully saturated rings. The Balaban J connectivity index is 2.26. The number of hydrogen-bond acceptors (Lipinski definition) is 3. The number of nitrogens with zero attached hydrogens (tertiary/aromatic N) is 1. The highest BCUT2D eigenvalue weighted by molar-refractivity contribution is 9.10. The van der Waals surface area contributed by atoms with Crippen molar-refractivity contribution in [2.75, 3.05) is 11.1 Å². The summed E-state index contributed by atoms with van der Waals surface area (Å²) in [5.41, 5.74) is 8.95. The zero-order valence-corrected chi connectivity index (χ0v) is 13.7. The molecule has 1 heterocycles. The molecule has 110 valence electrons. The van der Waals surface area contributed by atoms with Crippen molar-refractivity contribution in [2.45, 2.75) is 26.7 Å². The third-order valence-electron chi connectivity index (χ3n) is 3.11. The number of aromatic nitrogens is 1. The molecule has 1 aromatic heterocycles. The van der Waals surface area contributed by atoms with E-state index in [-0.39, 0.29) is 5.91 Å². The minimum absolute atomic E-state index is 0.187. The number of carbonyl (C=O) groups excluding carboxylic acids is 1. The summed E-state index contributed by atoms with van der Waals surface area (Å²) >= 11 is 3.48. The van der Waals surface area contributed by atoms with Crippen molar-refractivity contribution in [2.24, 2.45) is 0 Å². The fourth-order valence-corrected chi connectivity index (χ4v) is 2.43. The number of aryl methyl sites for hydroxylation is 2. The van der Waals surface area contributed by atoms with Crippen molar-refractivity contribution in [1.29, 1.82) is 0 Å². The van der Waals surface area contributed by atoms with E-state index in [2.05, 4.69) is 33.2 Å². The number of nitrogen functional groups attached to an aromatic ring is 1. The van der Waals surface area contributed by atoms with Gasteiger partial charge in [0.15, 0.2) is 0 Å². The lowest BCUT2D eigenvalue weighted by molar-refractivity contribution is 0.102. The van der Waals surface area contributed by atoms with E-state index >= 15 is 0 Å². The lowest BCUT2D eigenvalue weighted by Crippen LogP contribution is -2.14. The number of nitrogens with two attached hydrogens (primary N) is 1. The van der Waals surface area contributed by atoms with Gasteiger partial charge in [0.05, 0.1) is 5.69 Å². The van der Waals surface area contributed by atoms with Crippen LogP contribution in [0, 0.1) is 6.92 Å². The molecule has 5 heteroatoms. The Morgan fingerprint density at radius 3 is 2.86 bits per heavy atom. The fourth-order valence-electron chi connectivity index (χ4n) is 2.06. The minimum atomic E-state index is -0.187. The predicted molar refractivity (Wildman–Crippen MR) is 89.5 cm³/mol. The Kier molecular flexibility index (Phi) is 4.96. The zero-order chi connectivity index (χ0) is 15.4. The summed E-state index contributed by atoms with van der Waals surface area (Å²) in [5.74, 6) is 0.183. The molecule has 21 heavy (non-hydrogen) atoms. The Bertz CT molecular complexity index is 671. The molecule has 0 aliphatic heterocycles. The molecule has 0 bridgehead atoms. The number of rotatable bonds is 4. The highest BCUT2D eigenvalue weighted by atomic mass is 79.9. The van der Waals surface area contributed by atoms with Crippen LogP contribution in [0.4, 0.5) is 11.5 Å². The van der Waals surface area contributed by atoms with Crippen molar-refractivity contribution in [3.8, 4) is 0 Å². The maximum Gasteiger partial charge on any atom is 0.255 e. The van der Waals surface area contributed by atoms with Crippen molar-refractivity contribution >= 4 is 33.3 Å². The minimum Gasteiger partial charge on any atom is -0.384 e. The average Bonchev–Trinajstić information content (AvgIpc) is 2.43. The second-order valence-electron chi connectivity index (χ2n) is 4.91. The fraction of sp³-hybridized carbons (Fsp3) is 0.250. The standard InChI is InChI=1S/C16H18BrN3O/c1-3-5-12-8-11(9-14(18)19-12)16(21)20-13-7-4-6-10(2)15(13)17/h4,6-9H,3,5H2,1-2H3,(H2,18,19)(H,20,21). The number of pyridine rings is 1. The van der Waals surface area contributed by atoms with Crippen molar-refractivity contribution in [3.05, 3.63) is 51.6 Å². The van der Waals surface area contributed by atoms with E-state index in [4.69, 9.17) is 5.73 Å². The Hall–Kier alpha value is -1.88. The molecule has 1 aromatic carbocycles. The number of halogens is 1. The molecule has 2 rings (SSSR count). The summed E-state index contributed by atoms with van der Waals surface area (Å²) in [6, 6.07) is 9.12. The van der Waals surface area contributed by atoms with Gasteiger partial charge in [0.25, 0.3) is 5.91 Å². The lowest BCUT2D eigenvalue weighted by Gasteiger charge is -2.10. The molecule has 3 N–H and O–H groups in total. The monoisotopic (exact) mass is 347 g/mol. The molecule has 1 amide bonds. The average molecular weight is 348 g/mol. The molecule has 2 aromatic rings. The van der Waals surface area contributed by atoms with Gasteiger partial charge >= 0.3 is 0 Å². The van der Waals surface area contributed by atoms with Gasteiger partial charge in [-0.3, -0.25) is 4.79 Å². The highest BCUT2D eigenvalue weighted by Gasteiger charge is 2.11. The molecule has 0 aliphatic rings. The molecule has 0 aliphatic carbocycles. The van der Waals surface area contributed by atoms with Crippen LogP contribution in [0.25, 0.3) is 0 Å². The Labute approximate surface area is 132 Å². The van der Waals surface area contributed by atoms with E-state index in [9.17, 15) is 4.79 Å². The van der Waals surface area contributed by atoms with Crippen LogP contribution in [0.5, 0.6) is 0 Å². The van der Waals surface area contributed by atoms with Gasteiger partial charge in [-0.15, -0.1) is 0 Å². The SMILES string of the molecule is CCCc1cc(C(=O)Nc2cccc(C)c2Br)cc(N)n1. The number of anilines is 2. The first-order chi connectivity index (χ1) is 10.0. The molecule has 0 atom stereocenters. The maximum absolute atomic E-state index is 12.4. The number of benzene rings is 1. The van der Waals surface area contributed by atoms with Gasteiger partial charge in [-0.25, -0.2) is 4.98 Å². The van der Waals surface area contributed by atoms with Crippen LogP contribution in [-0.4, -0.2) is 10.9 Å². The van der Waals surface area contributed by atoms with E-state index in [1.54, 1.807) is 12.1 Å². The topological polar surface area (TPSA) is 68.0 Å². The normalized spacial score (nSPS) is 10.4. The largest absolute Gasteiger partial charge is 0.384 e. The molecule has 0 saturated heterocycles. The van der Waals surface area contributed by atoms with Crippen molar-refractivity contribution in [3.63, 3.8) is 0 Å². The lowest BCUT2D eigenvalue weighted by atomic mass is 10.1. The second-order valence-corrected chi connectivity index (χ2v) is 5.71. The predicted octanol–water partition coefficient (Wildman–Crippen LogP) is 3.94. The summed E-state index contributed by atoms with van der Waals surface area (Å²) in [5, 5.41) is 2.89. The van der Waals surface area contributed by atoms with E-state index < -0.39 is 0 Å². The van der Waals surface area contributed by atoms with Gasteiger partial charge in [-0.05, 0) is 53.0 Å². The van der Waals surface area contributed by atoms with E-state index in [0.29, 0.717) is 11.4 Å². The van der Waals surface area contributed by atoms with Gasteiger partial charge in [0, 0.05) is 15.7 Å². The zero-order valence-electron chi connectivity index (χ0n) is 12.1. The maximum atomic E-state index is 12.4. The summed E-state index contributed by atoms with van der Waals surface area (Å²) in [6.45, 7) is 4.04. The van der Waals surface area contributed by atoms with Crippen LogP contribution in [0.3, 0.4) is 0 Å². The van der Waals surface area contributed by atoms with Crippen LogP contribution < -0.4 is 11.1 Å². The second kappa shape index (κ2) is 6.72. The smallest absolute Gasteiger partial charge is 0.255 e. The van der Waals surface area contributed by atoms with E-state index in [0.717, 1.165) is 34.3 Å². The molecule has 0 spiro atoms. The number of nitrogens with one attached hydrogen (secondary N) is 1. The van der Waals surface area contributed by atoms with Crippen LogP contribution >= 0.6 is 15.9 Å². The van der Waals surface area contributed by atoms with Crippen LogP contribution in [0.1, 0.15) is 35.0 Å². The third kappa shape index (κ3) is 3.82. The summed E-state index contributed by atoms with van der Waals surface area (Å²) in [6.07, 6.45) is 1.76.